The summed E-state index contributed by atoms with van der Waals surface area (Å²) in [5, 5.41) is 6.69. The highest BCUT2D eigenvalue weighted by Gasteiger charge is 2.32. The number of rotatable bonds is 7. The molecule has 1 aromatic heterocycles. The van der Waals surface area contributed by atoms with Crippen LogP contribution in [0.5, 0.6) is 0 Å². The van der Waals surface area contributed by atoms with Crippen LogP contribution in [0.1, 0.15) is 32.8 Å². The maximum atomic E-state index is 12.5. The molecule has 0 aliphatic carbocycles. The number of carbonyl (C=O) groups excluding carboxylic acids is 1. The first-order chi connectivity index (χ1) is 9.74. The third-order valence-electron chi connectivity index (χ3n) is 2.71. The Hall–Kier alpha value is -1.57. The molecular formula is C13H20F3N3O2. The van der Waals surface area contributed by atoms with E-state index in [1.165, 1.54) is 4.68 Å². The Morgan fingerprint density at radius 3 is 2.62 bits per heavy atom. The molecule has 0 saturated carbocycles. The molecular weight excluding hydrogens is 287 g/mol. The maximum Gasteiger partial charge on any atom is 0.419 e. The molecule has 1 unspecified atom stereocenters. The van der Waals surface area contributed by atoms with Gasteiger partial charge in [0.15, 0.2) is 0 Å². The molecule has 0 fully saturated rings. The topological polar surface area (TPSA) is 56.2 Å². The van der Waals surface area contributed by atoms with Crippen LogP contribution in [0.15, 0.2) is 12.4 Å². The van der Waals surface area contributed by atoms with Crippen molar-refractivity contribution < 1.29 is 22.7 Å². The van der Waals surface area contributed by atoms with E-state index in [2.05, 4.69) is 10.4 Å². The Kier molecular flexibility index (Phi) is 6.19. The van der Waals surface area contributed by atoms with Gasteiger partial charge in [0.25, 0.3) is 0 Å². The van der Waals surface area contributed by atoms with Crippen LogP contribution >= 0.6 is 0 Å². The van der Waals surface area contributed by atoms with Crippen LogP contribution in [0.2, 0.25) is 0 Å². The molecule has 0 radical (unpaired) electrons. The van der Waals surface area contributed by atoms with Crippen molar-refractivity contribution in [2.75, 3.05) is 6.61 Å². The van der Waals surface area contributed by atoms with Crippen molar-refractivity contribution in [2.24, 2.45) is 0 Å². The van der Waals surface area contributed by atoms with Crippen LogP contribution < -0.4 is 5.32 Å². The molecule has 1 heterocycles. The summed E-state index contributed by atoms with van der Waals surface area (Å²) < 4.78 is 43.5. The number of hydrogen-bond donors (Lipinski definition) is 1. The molecule has 0 saturated heterocycles. The average molecular weight is 307 g/mol. The van der Waals surface area contributed by atoms with Gasteiger partial charge in [-0.05, 0) is 13.3 Å². The van der Waals surface area contributed by atoms with E-state index in [1.807, 2.05) is 13.8 Å². The van der Waals surface area contributed by atoms with E-state index in [9.17, 15) is 18.0 Å². The lowest BCUT2D eigenvalue weighted by Crippen LogP contribution is -2.42. The minimum absolute atomic E-state index is 0.0581. The van der Waals surface area contributed by atoms with Gasteiger partial charge in [-0.15, -0.1) is 0 Å². The first kappa shape index (κ1) is 17.5. The van der Waals surface area contributed by atoms with E-state index in [4.69, 9.17) is 4.74 Å². The molecule has 1 rings (SSSR count). The first-order valence-electron chi connectivity index (χ1n) is 6.76. The Morgan fingerprint density at radius 1 is 1.48 bits per heavy atom. The van der Waals surface area contributed by atoms with Gasteiger partial charge in [0.1, 0.15) is 6.04 Å². The van der Waals surface area contributed by atoms with Crippen LogP contribution in [0.4, 0.5) is 13.2 Å². The number of alkyl halides is 3. The number of nitrogens with one attached hydrogen (secondary N) is 1. The summed E-state index contributed by atoms with van der Waals surface area (Å²) >= 11 is 0. The van der Waals surface area contributed by atoms with E-state index in [-0.39, 0.29) is 19.2 Å². The van der Waals surface area contributed by atoms with E-state index in [0.29, 0.717) is 6.42 Å². The zero-order valence-electron chi connectivity index (χ0n) is 12.3. The second-order valence-electron chi connectivity index (χ2n) is 4.90. The molecule has 1 atom stereocenters. The highest BCUT2D eigenvalue weighted by Crippen LogP contribution is 2.28. The van der Waals surface area contributed by atoms with Crippen molar-refractivity contribution in [1.82, 2.24) is 15.1 Å². The van der Waals surface area contributed by atoms with Crippen molar-refractivity contribution in [2.45, 2.75) is 52.0 Å². The molecule has 120 valence electrons. The van der Waals surface area contributed by atoms with Crippen LogP contribution in [0.3, 0.4) is 0 Å². The largest absolute Gasteiger partial charge is 0.465 e. The molecule has 1 N–H and O–H groups in total. The third-order valence-corrected chi connectivity index (χ3v) is 2.71. The smallest absolute Gasteiger partial charge is 0.419 e. The summed E-state index contributed by atoms with van der Waals surface area (Å²) in [5.74, 6) is -0.408. The van der Waals surface area contributed by atoms with Gasteiger partial charge >= 0.3 is 12.1 Å². The fraction of sp³-hybridized carbons (Fsp3) is 0.692. The van der Waals surface area contributed by atoms with Crippen molar-refractivity contribution >= 4 is 5.97 Å². The second kappa shape index (κ2) is 7.44. The van der Waals surface area contributed by atoms with Gasteiger partial charge in [-0.25, -0.2) is 0 Å². The van der Waals surface area contributed by atoms with Crippen LogP contribution in [0, 0.1) is 0 Å². The van der Waals surface area contributed by atoms with Gasteiger partial charge in [-0.3, -0.25) is 9.48 Å². The highest BCUT2D eigenvalue weighted by atomic mass is 19.4. The molecule has 0 aliphatic rings. The van der Waals surface area contributed by atoms with Crippen molar-refractivity contribution in [1.29, 1.82) is 0 Å². The summed E-state index contributed by atoms with van der Waals surface area (Å²) in [7, 11) is 0. The van der Waals surface area contributed by atoms with Gasteiger partial charge in [0, 0.05) is 18.8 Å². The van der Waals surface area contributed by atoms with E-state index in [1.54, 1.807) is 6.92 Å². The SMILES string of the molecule is CCOC(=O)C(CCn1cc(C(F)(F)F)cn1)NC(C)C. The Labute approximate surface area is 121 Å². The summed E-state index contributed by atoms with van der Waals surface area (Å²) in [5.41, 5.74) is -0.799. The molecule has 0 amide bonds. The predicted octanol–water partition coefficient (Wildman–Crippen LogP) is 2.22. The maximum absolute atomic E-state index is 12.5. The predicted molar refractivity (Wildman–Crippen MR) is 70.5 cm³/mol. The van der Waals surface area contributed by atoms with Crippen molar-refractivity contribution in [3.8, 4) is 0 Å². The number of carbonyl (C=O) groups is 1. The fourth-order valence-corrected chi connectivity index (χ4v) is 1.81. The highest BCUT2D eigenvalue weighted by molar-refractivity contribution is 5.75. The Bertz CT molecular complexity index is 458. The number of hydrogen-bond acceptors (Lipinski definition) is 4. The van der Waals surface area contributed by atoms with E-state index >= 15 is 0 Å². The summed E-state index contributed by atoms with van der Waals surface area (Å²) in [6, 6.07) is -0.508. The summed E-state index contributed by atoms with van der Waals surface area (Å²) in [4.78, 5) is 11.8. The van der Waals surface area contributed by atoms with Gasteiger partial charge in [0.05, 0.1) is 18.4 Å². The van der Waals surface area contributed by atoms with Gasteiger partial charge < -0.3 is 10.1 Å². The number of nitrogens with zero attached hydrogens (tertiary/aromatic N) is 2. The monoisotopic (exact) mass is 307 g/mol. The molecule has 8 heteroatoms. The van der Waals surface area contributed by atoms with Gasteiger partial charge in [0.2, 0.25) is 0 Å². The zero-order valence-corrected chi connectivity index (χ0v) is 12.3. The Morgan fingerprint density at radius 2 is 2.14 bits per heavy atom. The van der Waals surface area contributed by atoms with Crippen LogP contribution in [0.25, 0.3) is 0 Å². The second-order valence-corrected chi connectivity index (χ2v) is 4.90. The lowest BCUT2D eigenvalue weighted by atomic mass is 10.2. The first-order valence-corrected chi connectivity index (χ1v) is 6.76. The number of ether oxygens (including phenoxy) is 1. The number of esters is 1. The van der Waals surface area contributed by atoms with Crippen LogP contribution in [-0.4, -0.2) is 34.4 Å². The minimum Gasteiger partial charge on any atom is -0.465 e. The Balaban J connectivity index is 2.63. The summed E-state index contributed by atoms with van der Waals surface area (Å²) in [6.07, 6.45) is -2.40. The minimum atomic E-state index is -4.41. The molecule has 0 bridgehead atoms. The number of aromatic nitrogens is 2. The fourth-order valence-electron chi connectivity index (χ4n) is 1.81. The zero-order chi connectivity index (χ0) is 16.0. The molecule has 0 aromatic carbocycles. The van der Waals surface area contributed by atoms with Crippen LogP contribution in [-0.2, 0) is 22.3 Å². The van der Waals surface area contributed by atoms with Crippen molar-refractivity contribution in [3.63, 3.8) is 0 Å². The van der Waals surface area contributed by atoms with Gasteiger partial charge in [-0.1, -0.05) is 13.8 Å². The number of halogens is 3. The number of aryl methyl sites for hydroxylation is 1. The molecule has 0 spiro atoms. The lowest BCUT2D eigenvalue weighted by molar-refractivity contribution is -0.146. The quantitative estimate of drug-likeness (QED) is 0.785. The third kappa shape index (κ3) is 5.74. The van der Waals surface area contributed by atoms with Gasteiger partial charge in [-0.2, -0.15) is 18.3 Å². The molecule has 5 nitrogen and oxygen atoms in total. The average Bonchev–Trinajstić information content (AvgIpc) is 2.82. The van der Waals surface area contributed by atoms with Crippen molar-refractivity contribution in [3.05, 3.63) is 18.0 Å². The molecule has 21 heavy (non-hydrogen) atoms. The van der Waals surface area contributed by atoms with E-state index < -0.39 is 23.8 Å². The van der Waals surface area contributed by atoms with E-state index in [0.717, 1.165) is 12.4 Å². The summed E-state index contributed by atoms with van der Waals surface area (Å²) in [6.45, 7) is 5.91. The normalized spacial score (nSPS) is 13.5. The molecule has 0 aliphatic heterocycles. The molecule has 1 aromatic rings. The lowest BCUT2D eigenvalue weighted by Gasteiger charge is -2.19. The standard InChI is InChI=1S/C13H20F3N3O2/c1-4-21-12(20)11(18-9(2)3)5-6-19-8-10(7-17-19)13(14,15)16/h7-9,11,18H,4-6H2,1-3H3.